The second kappa shape index (κ2) is 9.46. The summed E-state index contributed by atoms with van der Waals surface area (Å²) < 4.78 is 11.0. The Morgan fingerprint density at radius 2 is 1.57 bits per heavy atom. The molecular formula is C28H25NO6. The summed E-state index contributed by atoms with van der Waals surface area (Å²) in [5.74, 6) is -0.854. The molecule has 0 saturated heterocycles. The summed E-state index contributed by atoms with van der Waals surface area (Å²) in [5, 5.41) is 12.8. The maximum Gasteiger partial charge on any atom is 0.309 e. The number of aliphatic carboxylic acids is 1. The van der Waals surface area contributed by atoms with Crippen LogP contribution in [0.2, 0.25) is 0 Å². The van der Waals surface area contributed by atoms with Crippen LogP contribution in [-0.4, -0.2) is 29.9 Å². The number of nitrogens with one attached hydrogen (secondary N) is 1. The number of carbonyl (C=O) groups excluding carboxylic acids is 2. The molecule has 0 aliphatic heterocycles. The second-order valence-corrected chi connectivity index (χ2v) is 8.89. The number of hydrogen-bond acceptors (Lipinski definition) is 5. The Balaban J connectivity index is 1.44. The van der Waals surface area contributed by atoms with Crippen molar-refractivity contribution < 1.29 is 28.6 Å². The van der Waals surface area contributed by atoms with E-state index < -0.39 is 11.4 Å². The zero-order valence-corrected chi connectivity index (χ0v) is 19.6. The number of Topliss-reactive ketones (excluding diaryl/α,β-unsaturated/α-hetero) is 1. The third-order valence-electron chi connectivity index (χ3n) is 5.82. The molecule has 0 atom stereocenters. The number of furan rings is 1. The van der Waals surface area contributed by atoms with E-state index in [2.05, 4.69) is 5.32 Å². The summed E-state index contributed by atoms with van der Waals surface area (Å²) in [5.41, 5.74) is 2.26. The number of carbonyl (C=O) groups is 3. The van der Waals surface area contributed by atoms with Crippen LogP contribution in [0.5, 0.6) is 5.75 Å². The molecule has 0 radical (unpaired) electrons. The molecular weight excluding hydrogens is 446 g/mol. The highest BCUT2D eigenvalue weighted by molar-refractivity contribution is 6.05. The normalized spacial score (nSPS) is 11.3. The van der Waals surface area contributed by atoms with Crippen LogP contribution in [0, 0.1) is 5.41 Å². The molecule has 7 nitrogen and oxygen atoms in total. The molecule has 35 heavy (non-hydrogen) atoms. The lowest BCUT2D eigenvalue weighted by Crippen LogP contribution is -2.26. The quantitative estimate of drug-likeness (QED) is 0.303. The zero-order valence-electron chi connectivity index (χ0n) is 19.6. The van der Waals surface area contributed by atoms with Crippen molar-refractivity contribution in [2.24, 2.45) is 5.41 Å². The Morgan fingerprint density at radius 3 is 2.17 bits per heavy atom. The van der Waals surface area contributed by atoms with E-state index in [1.54, 1.807) is 43.5 Å². The Bertz CT molecular complexity index is 1400. The van der Waals surface area contributed by atoms with Gasteiger partial charge in [-0.1, -0.05) is 48.5 Å². The molecule has 0 unspecified atom stereocenters. The van der Waals surface area contributed by atoms with Crippen LogP contribution >= 0.6 is 0 Å². The van der Waals surface area contributed by atoms with E-state index in [-0.39, 0.29) is 23.9 Å². The molecule has 0 spiro atoms. The maximum absolute atomic E-state index is 12.7. The number of carboxylic acid groups (broad SMARTS) is 1. The lowest BCUT2D eigenvalue weighted by molar-refractivity contribution is -0.146. The molecule has 3 aromatic carbocycles. The van der Waals surface area contributed by atoms with Crippen molar-refractivity contribution in [1.29, 1.82) is 0 Å². The van der Waals surface area contributed by atoms with Gasteiger partial charge in [0.15, 0.2) is 22.9 Å². The summed E-state index contributed by atoms with van der Waals surface area (Å²) in [6, 6.07) is 21.4. The van der Waals surface area contributed by atoms with Crippen LogP contribution in [0.1, 0.15) is 41.2 Å². The number of amides is 1. The molecule has 178 valence electrons. The number of para-hydroxylation sites is 1. The van der Waals surface area contributed by atoms with Gasteiger partial charge in [0.2, 0.25) is 0 Å². The molecule has 1 heterocycles. The number of ether oxygens (including phenoxy) is 1. The molecule has 0 aliphatic rings. The first kappa shape index (κ1) is 23.8. The van der Waals surface area contributed by atoms with Crippen molar-refractivity contribution in [3.63, 3.8) is 0 Å². The highest BCUT2D eigenvalue weighted by Crippen LogP contribution is 2.29. The molecule has 0 bridgehead atoms. The molecule has 1 aromatic heterocycles. The van der Waals surface area contributed by atoms with Crippen molar-refractivity contribution in [3.05, 3.63) is 84.1 Å². The van der Waals surface area contributed by atoms with E-state index in [0.717, 1.165) is 16.5 Å². The van der Waals surface area contributed by atoms with Gasteiger partial charge >= 0.3 is 5.97 Å². The Labute approximate surface area is 202 Å². The number of benzene rings is 3. The smallest absolute Gasteiger partial charge is 0.309 e. The number of rotatable bonds is 8. The van der Waals surface area contributed by atoms with Gasteiger partial charge < -0.3 is 19.6 Å². The monoisotopic (exact) mass is 471 g/mol. The number of carboxylic acids is 1. The minimum atomic E-state index is -1.12. The van der Waals surface area contributed by atoms with Crippen LogP contribution in [-0.2, 0) is 4.79 Å². The van der Waals surface area contributed by atoms with Crippen molar-refractivity contribution >= 4 is 34.3 Å². The van der Waals surface area contributed by atoms with E-state index in [1.165, 1.54) is 13.8 Å². The summed E-state index contributed by atoms with van der Waals surface area (Å²) in [6.45, 7) is 3.07. The van der Waals surface area contributed by atoms with Gasteiger partial charge in [-0.3, -0.25) is 14.4 Å². The van der Waals surface area contributed by atoms with Crippen molar-refractivity contribution in [1.82, 2.24) is 0 Å². The van der Waals surface area contributed by atoms with Gasteiger partial charge in [-0.2, -0.15) is 0 Å². The summed E-state index contributed by atoms with van der Waals surface area (Å²) in [7, 11) is 1.55. The third kappa shape index (κ3) is 5.09. The SMILES string of the molecule is COc1cccc2cc(C(=O)Nc3ccc(-c4ccc(C(=O)CC(C)(C)C(=O)O)cc4)cc3)oc12. The molecule has 0 aliphatic carbocycles. The Hall–Kier alpha value is -4.39. The van der Waals surface area contributed by atoms with Gasteiger partial charge in [-0.15, -0.1) is 0 Å². The molecule has 0 fully saturated rings. The summed E-state index contributed by atoms with van der Waals surface area (Å²) >= 11 is 0. The standard InChI is InChI=1S/C28H25NO6/c1-28(2,27(32)33)16-22(30)19-9-7-17(8-10-19)18-11-13-21(14-12-18)29-26(31)24-15-20-5-4-6-23(34-3)25(20)35-24/h4-15H,16H2,1-3H3,(H,29,31)(H,32,33). The molecule has 7 heteroatoms. The fourth-order valence-electron chi connectivity index (χ4n) is 3.68. The lowest BCUT2D eigenvalue weighted by Gasteiger charge is -2.17. The van der Waals surface area contributed by atoms with Gasteiger partial charge in [-0.05, 0) is 49.2 Å². The number of anilines is 1. The molecule has 0 saturated carbocycles. The summed E-state index contributed by atoms with van der Waals surface area (Å²) in [4.78, 5) is 36.4. The van der Waals surface area contributed by atoms with E-state index >= 15 is 0 Å². The predicted octanol–water partition coefficient (Wildman–Crippen LogP) is 6.04. The summed E-state index contributed by atoms with van der Waals surface area (Å²) in [6.07, 6.45) is -0.0753. The number of ketones is 1. The molecule has 4 aromatic rings. The fraction of sp³-hybridized carbons (Fsp3) is 0.179. The number of fused-ring (bicyclic) bond motifs is 1. The van der Waals surface area contributed by atoms with Gasteiger partial charge in [0.1, 0.15) is 0 Å². The highest BCUT2D eigenvalue weighted by atomic mass is 16.5. The van der Waals surface area contributed by atoms with Crippen LogP contribution in [0.25, 0.3) is 22.1 Å². The number of hydrogen-bond donors (Lipinski definition) is 2. The second-order valence-electron chi connectivity index (χ2n) is 8.89. The lowest BCUT2D eigenvalue weighted by atomic mass is 9.85. The largest absolute Gasteiger partial charge is 0.493 e. The predicted molar refractivity (Wildman–Crippen MR) is 133 cm³/mol. The highest BCUT2D eigenvalue weighted by Gasteiger charge is 2.30. The average molecular weight is 472 g/mol. The van der Waals surface area contributed by atoms with E-state index in [0.29, 0.717) is 22.6 Å². The first-order chi connectivity index (χ1) is 16.7. The maximum atomic E-state index is 12.7. The van der Waals surface area contributed by atoms with E-state index in [9.17, 15) is 19.5 Å². The van der Waals surface area contributed by atoms with E-state index in [1.807, 2.05) is 36.4 Å². The van der Waals surface area contributed by atoms with Gasteiger partial charge in [-0.25, -0.2) is 0 Å². The van der Waals surface area contributed by atoms with E-state index in [4.69, 9.17) is 9.15 Å². The van der Waals surface area contributed by atoms with Crippen LogP contribution in [0.3, 0.4) is 0 Å². The van der Waals surface area contributed by atoms with Gasteiger partial charge in [0.05, 0.1) is 12.5 Å². The molecule has 2 N–H and O–H groups in total. The average Bonchev–Trinajstić information content (AvgIpc) is 3.29. The minimum Gasteiger partial charge on any atom is -0.493 e. The van der Waals surface area contributed by atoms with Crippen LogP contribution in [0.15, 0.2) is 77.2 Å². The first-order valence-electron chi connectivity index (χ1n) is 11.0. The molecule has 1 amide bonds. The third-order valence-corrected chi connectivity index (χ3v) is 5.82. The van der Waals surface area contributed by atoms with Crippen molar-refractivity contribution in [3.8, 4) is 16.9 Å². The van der Waals surface area contributed by atoms with Crippen LogP contribution in [0.4, 0.5) is 5.69 Å². The molecule has 4 rings (SSSR count). The Kier molecular flexibility index (Phi) is 6.42. The van der Waals surface area contributed by atoms with Crippen molar-refractivity contribution in [2.75, 3.05) is 12.4 Å². The van der Waals surface area contributed by atoms with Crippen molar-refractivity contribution in [2.45, 2.75) is 20.3 Å². The van der Waals surface area contributed by atoms with Gasteiger partial charge in [0, 0.05) is 23.1 Å². The first-order valence-corrected chi connectivity index (χ1v) is 11.0. The topological polar surface area (TPSA) is 106 Å². The van der Waals surface area contributed by atoms with Gasteiger partial charge in [0.25, 0.3) is 5.91 Å². The fourth-order valence-corrected chi connectivity index (χ4v) is 3.68. The number of methoxy groups -OCH3 is 1. The zero-order chi connectivity index (χ0) is 25.2. The minimum absolute atomic E-state index is 0.0753. The Morgan fingerprint density at radius 1 is 0.943 bits per heavy atom. The van der Waals surface area contributed by atoms with Crippen LogP contribution < -0.4 is 10.1 Å².